The highest BCUT2D eigenvalue weighted by Gasteiger charge is 2.18. The number of hydrogen-bond donors (Lipinski definition) is 1. The number of hydrogen-bond acceptors (Lipinski definition) is 3. The Kier molecular flexibility index (Phi) is 5.51. The third-order valence-corrected chi connectivity index (χ3v) is 4.16. The molecule has 0 amide bonds. The lowest BCUT2D eigenvalue weighted by molar-refractivity contribution is 0.174. The van der Waals surface area contributed by atoms with Crippen LogP contribution in [-0.2, 0) is 6.42 Å². The lowest BCUT2D eigenvalue weighted by Gasteiger charge is -2.17. The van der Waals surface area contributed by atoms with Crippen molar-refractivity contribution < 1.29 is 14.6 Å². The molecule has 2 aromatic rings. The van der Waals surface area contributed by atoms with Crippen molar-refractivity contribution >= 4 is 27.5 Å². The van der Waals surface area contributed by atoms with E-state index in [1.54, 1.807) is 32.4 Å². The van der Waals surface area contributed by atoms with E-state index in [1.807, 2.05) is 18.2 Å². The summed E-state index contributed by atoms with van der Waals surface area (Å²) in [7, 11) is 3.18. The SMILES string of the molecule is COc1ccc(CC(O)c2c(Cl)cccc2OC)cc1Br. The Morgan fingerprint density at radius 1 is 1.14 bits per heavy atom. The van der Waals surface area contributed by atoms with Gasteiger partial charge in [0.25, 0.3) is 0 Å². The number of methoxy groups -OCH3 is 2. The van der Waals surface area contributed by atoms with Gasteiger partial charge in [0, 0.05) is 12.0 Å². The quantitative estimate of drug-likeness (QED) is 0.847. The van der Waals surface area contributed by atoms with Gasteiger partial charge in [0.2, 0.25) is 0 Å². The Morgan fingerprint density at radius 2 is 1.86 bits per heavy atom. The highest BCUT2D eigenvalue weighted by molar-refractivity contribution is 9.10. The fourth-order valence-electron chi connectivity index (χ4n) is 2.18. The number of benzene rings is 2. The van der Waals surface area contributed by atoms with Crippen LogP contribution < -0.4 is 9.47 Å². The molecule has 1 atom stereocenters. The third-order valence-electron chi connectivity index (χ3n) is 3.21. The summed E-state index contributed by atoms with van der Waals surface area (Å²) in [5, 5.41) is 11.0. The maximum atomic E-state index is 10.5. The summed E-state index contributed by atoms with van der Waals surface area (Å²) >= 11 is 9.62. The van der Waals surface area contributed by atoms with E-state index in [2.05, 4.69) is 15.9 Å². The molecule has 21 heavy (non-hydrogen) atoms. The van der Waals surface area contributed by atoms with Crippen molar-refractivity contribution in [3.8, 4) is 11.5 Å². The van der Waals surface area contributed by atoms with Gasteiger partial charge in [-0.05, 0) is 45.8 Å². The molecule has 0 radical (unpaired) electrons. The average molecular weight is 372 g/mol. The Balaban J connectivity index is 2.26. The fraction of sp³-hybridized carbons (Fsp3) is 0.250. The van der Waals surface area contributed by atoms with E-state index in [4.69, 9.17) is 21.1 Å². The molecule has 2 aromatic carbocycles. The van der Waals surface area contributed by atoms with Crippen LogP contribution >= 0.6 is 27.5 Å². The number of ether oxygens (including phenoxy) is 2. The van der Waals surface area contributed by atoms with Crippen molar-refractivity contribution in [1.82, 2.24) is 0 Å². The molecule has 0 aliphatic heterocycles. The minimum absolute atomic E-state index is 0.433. The first-order valence-electron chi connectivity index (χ1n) is 6.39. The van der Waals surface area contributed by atoms with Crippen molar-refractivity contribution in [2.45, 2.75) is 12.5 Å². The molecule has 0 aromatic heterocycles. The summed E-state index contributed by atoms with van der Waals surface area (Å²) in [5.74, 6) is 1.34. The van der Waals surface area contributed by atoms with Crippen LogP contribution in [0.4, 0.5) is 0 Å². The van der Waals surface area contributed by atoms with Crippen LogP contribution in [-0.4, -0.2) is 19.3 Å². The average Bonchev–Trinajstić information content (AvgIpc) is 2.46. The van der Waals surface area contributed by atoms with Crippen molar-refractivity contribution in [1.29, 1.82) is 0 Å². The highest BCUT2D eigenvalue weighted by atomic mass is 79.9. The minimum Gasteiger partial charge on any atom is -0.496 e. The molecule has 0 bridgehead atoms. The fourth-order valence-corrected chi connectivity index (χ4v) is 3.06. The zero-order chi connectivity index (χ0) is 15.4. The lowest BCUT2D eigenvalue weighted by atomic mass is 10.0. The van der Waals surface area contributed by atoms with Gasteiger partial charge in [0.15, 0.2) is 0 Å². The Labute approximate surface area is 137 Å². The van der Waals surface area contributed by atoms with Gasteiger partial charge in [0.05, 0.1) is 29.8 Å². The molecule has 2 rings (SSSR count). The van der Waals surface area contributed by atoms with E-state index in [9.17, 15) is 5.11 Å². The maximum absolute atomic E-state index is 10.5. The highest BCUT2D eigenvalue weighted by Crippen LogP contribution is 2.34. The van der Waals surface area contributed by atoms with Gasteiger partial charge in [0.1, 0.15) is 11.5 Å². The first-order valence-corrected chi connectivity index (χ1v) is 7.56. The van der Waals surface area contributed by atoms with Crippen molar-refractivity contribution in [3.63, 3.8) is 0 Å². The van der Waals surface area contributed by atoms with E-state index >= 15 is 0 Å². The van der Waals surface area contributed by atoms with Gasteiger partial charge in [-0.25, -0.2) is 0 Å². The molecule has 0 spiro atoms. The number of halogens is 2. The normalized spacial score (nSPS) is 12.0. The third kappa shape index (κ3) is 3.70. The van der Waals surface area contributed by atoms with Gasteiger partial charge in [-0.3, -0.25) is 0 Å². The molecule has 0 fully saturated rings. The second kappa shape index (κ2) is 7.16. The molecule has 5 heteroatoms. The smallest absolute Gasteiger partial charge is 0.133 e. The van der Waals surface area contributed by atoms with Crippen LogP contribution in [0.2, 0.25) is 5.02 Å². The van der Waals surface area contributed by atoms with Gasteiger partial charge >= 0.3 is 0 Å². The predicted molar refractivity (Wildman–Crippen MR) is 87.4 cm³/mol. The molecule has 0 saturated carbocycles. The molecule has 1 unspecified atom stereocenters. The van der Waals surface area contributed by atoms with E-state index in [1.165, 1.54) is 0 Å². The monoisotopic (exact) mass is 370 g/mol. The van der Waals surface area contributed by atoms with Crippen LogP contribution in [0.3, 0.4) is 0 Å². The molecule has 0 heterocycles. The summed E-state index contributed by atoms with van der Waals surface area (Å²) in [5.41, 5.74) is 1.57. The molecule has 0 aliphatic rings. The van der Waals surface area contributed by atoms with Crippen LogP contribution in [0.25, 0.3) is 0 Å². The predicted octanol–water partition coefficient (Wildman–Crippen LogP) is 4.40. The summed E-state index contributed by atoms with van der Waals surface area (Å²) in [6.07, 6.45) is -0.308. The van der Waals surface area contributed by atoms with Gasteiger partial charge in [-0.1, -0.05) is 23.7 Å². The number of aliphatic hydroxyl groups is 1. The Hall–Kier alpha value is -1.23. The van der Waals surface area contributed by atoms with E-state index in [0.29, 0.717) is 22.8 Å². The molecule has 1 N–H and O–H groups in total. The van der Waals surface area contributed by atoms with Gasteiger partial charge < -0.3 is 14.6 Å². The topological polar surface area (TPSA) is 38.7 Å². The van der Waals surface area contributed by atoms with Crippen LogP contribution in [0.1, 0.15) is 17.2 Å². The lowest BCUT2D eigenvalue weighted by Crippen LogP contribution is -2.05. The molecular formula is C16H16BrClO3. The molecule has 112 valence electrons. The Morgan fingerprint density at radius 3 is 2.48 bits per heavy atom. The second-order valence-corrected chi connectivity index (χ2v) is 5.81. The minimum atomic E-state index is -0.742. The van der Waals surface area contributed by atoms with Crippen LogP contribution in [0, 0.1) is 0 Å². The first-order chi connectivity index (χ1) is 10.1. The van der Waals surface area contributed by atoms with Crippen LogP contribution in [0.5, 0.6) is 11.5 Å². The number of aliphatic hydroxyl groups excluding tert-OH is 1. The Bertz CT molecular complexity index is 631. The molecule has 0 saturated heterocycles. The second-order valence-electron chi connectivity index (χ2n) is 4.54. The molecular weight excluding hydrogens is 356 g/mol. The van der Waals surface area contributed by atoms with Crippen molar-refractivity contribution in [3.05, 3.63) is 57.0 Å². The standard InChI is InChI=1S/C16H16BrClO3/c1-20-14-7-6-10(8-11(14)17)9-13(19)16-12(18)4-3-5-15(16)21-2/h3-8,13,19H,9H2,1-2H3. The summed E-state index contributed by atoms with van der Waals surface area (Å²) in [6, 6.07) is 11.0. The number of rotatable bonds is 5. The van der Waals surface area contributed by atoms with E-state index in [-0.39, 0.29) is 0 Å². The first kappa shape index (κ1) is 16.1. The zero-order valence-electron chi connectivity index (χ0n) is 11.8. The maximum Gasteiger partial charge on any atom is 0.133 e. The summed E-state index contributed by atoms with van der Waals surface area (Å²) < 4.78 is 11.3. The van der Waals surface area contributed by atoms with E-state index in [0.717, 1.165) is 15.8 Å². The zero-order valence-corrected chi connectivity index (χ0v) is 14.1. The molecule has 3 nitrogen and oxygen atoms in total. The van der Waals surface area contributed by atoms with Crippen molar-refractivity contribution in [2.75, 3.05) is 14.2 Å². The van der Waals surface area contributed by atoms with Gasteiger partial charge in [-0.2, -0.15) is 0 Å². The van der Waals surface area contributed by atoms with Gasteiger partial charge in [-0.15, -0.1) is 0 Å². The van der Waals surface area contributed by atoms with E-state index < -0.39 is 6.10 Å². The van der Waals surface area contributed by atoms with Crippen LogP contribution in [0.15, 0.2) is 40.9 Å². The molecule has 0 aliphatic carbocycles. The summed E-state index contributed by atoms with van der Waals surface area (Å²) in [4.78, 5) is 0. The van der Waals surface area contributed by atoms with Crippen molar-refractivity contribution in [2.24, 2.45) is 0 Å². The largest absolute Gasteiger partial charge is 0.496 e. The summed E-state index contributed by atoms with van der Waals surface area (Å²) in [6.45, 7) is 0.